The number of hydrogen-bond donors (Lipinski definition) is 1. The summed E-state index contributed by atoms with van der Waals surface area (Å²) in [6.45, 7) is 1.97. The molecule has 0 saturated carbocycles. The van der Waals surface area contributed by atoms with Crippen molar-refractivity contribution in [1.29, 1.82) is 0 Å². The molecular formula is C13H14FIN2O2. The van der Waals surface area contributed by atoms with E-state index in [0.717, 1.165) is 21.4 Å². The molecule has 0 radical (unpaired) electrons. The van der Waals surface area contributed by atoms with Crippen molar-refractivity contribution in [1.82, 2.24) is 10.3 Å². The maximum atomic E-state index is 13.1. The Morgan fingerprint density at radius 1 is 1.47 bits per heavy atom. The number of ether oxygens (including phenoxy) is 1. The van der Waals surface area contributed by atoms with Gasteiger partial charge in [0.25, 0.3) is 0 Å². The van der Waals surface area contributed by atoms with E-state index in [0.29, 0.717) is 18.9 Å². The molecule has 0 aliphatic carbocycles. The number of nitrogens with zero attached hydrogens (tertiary/aromatic N) is 1. The van der Waals surface area contributed by atoms with E-state index < -0.39 is 0 Å². The highest BCUT2D eigenvalue weighted by atomic mass is 127. The standard InChI is InChI=1S/C13H14FIN2O2/c1-18-5-4-16-7-12-13(19-8-17-12)10-3-2-9(14)6-11(10)15/h2-3,6,8,16H,4-5,7H2,1H3. The summed E-state index contributed by atoms with van der Waals surface area (Å²) in [5.41, 5.74) is 1.66. The van der Waals surface area contributed by atoms with Crippen LogP contribution in [-0.4, -0.2) is 25.2 Å². The topological polar surface area (TPSA) is 47.3 Å². The van der Waals surface area contributed by atoms with Crippen LogP contribution in [0, 0.1) is 9.39 Å². The molecule has 0 saturated heterocycles. The van der Waals surface area contributed by atoms with Gasteiger partial charge in [-0.15, -0.1) is 0 Å². The minimum atomic E-state index is -0.257. The van der Waals surface area contributed by atoms with Crippen molar-refractivity contribution < 1.29 is 13.5 Å². The number of aromatic nitrogens is 1. The first-order valence-electron chi connectivity index (χ1n) is 5.80. The van der Waals surface area contributed by atoms with Crippen LogP contribution in [0.15, 0.2) is 29.0 Å². The number of methoxy groups -OCH3 is 1. The molecule has 6 heteroatoms. The van der Waals surface area contributed by atoms with Gasteiger partial charge in [0.15, 0.2) is 12.2 Å². The molecule has 1 aromatic heterocycles. The molecule has 2 aromatic rings. The Labute approximate surface area is 124 Å². The minimum Gasteiger partial charge on any atom is -0.443 e. The SMILES string of the molecule is COCCNCc1ncoc1-c1ccc(F)cc1I. The summed E-state index contributed by atoms with van der Waals surface area (Å²) in [5.74, 6) is 0.418. The number of hydrogen-bond acceptors (Lipinski definition) is 4. The quantitative estimate of drug-likeness (QED) is 0.622. The highest BCUT2D eigenvalue weighted by Crippen LogP contribution is 2.28. The Hall–Kier alpha value is -0.990. The maximum Gasteiger partial charge on any atom is 0.181 e. The van der Waals surface area contributed by atoms with Gasteiger partial charge >= 0.3 is 0 Å². The third-order valence-electron chi connectivity index (χ3n) is 2.59. The van der Waals surface area contributed by atoms with Crippen LogP contribution in [0.4, 0.5) is 4.39 Å². The lowest BCUT2D eigenvalue weighted by Gasteiger charge is -2.05. The fourth-order valence-electron chi connectivity index (χ4n) is 1.67. The van der Waals surface area contributed by atoms with E-state index >= 15 is 0 Å². The molecule has 0 spiro atoms. The second-order valence-electron chi connectivity index (χ2n) is 3.92. The van der Waals surface area contributed by atoms with Crippen LogP contribution in [0.5, 0.6) is 0 Å². The Morgan fingerprint density at radius 2 is 2.32 bits per heavy atom. The number of benzene rings is 1. The fraction of sp³-hybridized carbons (Fsp3) is 0.308. The predicted molar refractivity (Wildman–Crippen MR) is 78.2 cm³/mol. The molecule has 0 fully saturated rings. The minimum absolute atomic E-state index is 0.257. The number of nitrogens with one attached hydrogen (secondary N) is 1. The van der Waals surface area contributed by atoms with Crippen molar-refractivity contribution in [3.05, 3.63) is 39.7 Å². The van der Waals surface area contributed by atoms with Gasteiger partial charge in [-0.25, -0.2) is 9.37 Å². The van der Waals surface area contributed by atoms with E-state index in [4.69, 9.17) is 9.15 Å². The Morgan fingerprint density at radius 3 is 3.05 bits per heavy atom. The van der Waals surface area contributed by atoms with Crippen molar-refractivity contribution in [2.45, 2.75) is 6.54 Å². The zero-order valence-electron chi connectivity index (χ0n) is 10.5. The zero-order chi connectivity index (χ0) is 13.7. The summed E-state index contributed by atoms with van der Waals surface area (Å²) in [6.07, 6.45) is 1.40. The Balaban J connectivity index is 2.14. The molecule has 2 rings (SSSR count). The third kappa shape index (κ3) is 3.74. The van der Waals surface area contributed by atoms with E-state index in [-0.39, 0.29) is 5.82 Å². The second-order valence-corrected chi connectivity index (χ2v) is 5.08. The van der Waals surface area contributed by atoms with Crippen LogP contribution in [0.3, 0.4) is 0 Å². The van der Waals surface area contributed by atoms with Crippen molar-refractivity contribution in [2.24, 2.45) is 0 Å². The molecule has 0 bridgehead atoms. The highest BCUT2D eigenvalue weighted by Gasteiger charge is 2.13. The van der Waals surface area contributed by atoms with Gasteiger partial charge in [0, 0.05) is 29.3 Å². The molecule has 0 aliphatic rings. The van der Waals surface area contributed by atoms with Gasteiger partial charge in [0.2, 0.25) is 0 Å². The van der Waals surface area contributed by atoms with Gasteiger partial charge in [-0.3, -0.25) is 0 Å². The summed E-state index contributed by atoms with van der Waals surface area (Å²) >= 11 is 2.09. The van der Waals surface area contributed by atoms with Crippen LogP contribution in [-0.2, 0) is 11.3 Å². The lowest BCUT2D eigenvalue weighted by molar-refractivity contribution is 0.199. The monoisotopic (exact) mass is 376 g/mol. The average Bonchev–Trinajstić information content (AvgIpc) is 2.83. The first kappa shape index (κ1) is 14.4. The molecule has 0 unspecified atom stereocenters. The molecule has 0 amide bonds. The normalized spacial score (nSPS) is 10.9. The fourth-order valence-corrected chi connectivity index (χ4v) is 2.39. The number of oxazole rings is 1. The van der Waals surface area contributed by atoms with Crippen molar-refractivity contribution in [2.75, 3.05) is 20.3 Å². The molecule has 19 heavy (non-hydrogen) atoms. The smallest absolute Gasteiger partial charge is 0.181 e. The summed E-state index contributed by atoms with van der Waals surface area (Å²) in [5, 5.41) is 3.21. The van der Waals surface area contributed by atoms with E-state index in [9.17, 15) is 4.39 Å². The molecular weight excluding hydrogens is 362 g/mol. The maximum absolute atomic E-state index is 13.1. The molecule has 1 aromatic carbocycles. The first-order valence-corrected chi connectivity index (χ1v) is 6.87. The van der Waals surface area contributed by atoms with Gasteiger partial charge in [0.1, 0.15) is 11.5 Å². The van der Waals surface area contributed by atoms with Crippen LogP contribution >= 0.6 is 22.6 Å². The second kappa shape index (κ2) is 6.97. The van der Waals surface area contributed by atoms with Crippen LogP contribution in [0.25, 0.3) is 11.3 Å². The molecule has 1 N–H and O–H groups in total. The Kier molecular flexibility index (Phi) is 5.29. The van der Waals surface area contributed by atoms with E-state index in [2.05, 4.69) is 32.9 Å². The first-order chi connectivity index (χ1) is 9.22. The summed E-state index contributed by atoms with van der Waals surface area (Å²) in [7, 11) is 1.66. The van der Waals surface area contributed by atoms with Gasteiger partial charge in [-0.05, 0) is 40.8 Å². The van der Waals surface area contributed by atoms with Gasteiger partial charge in [-0.1, -0.05) is 0 Å². The van der Waals surface area contributed by atoms with Crippen molar-refractivity contribution in [3.8, 4) is 11.3 Å². The van der Waals surface area contributed by atoms with Crippen molar-refractivity contribution >= 4 is 22.6 Å². The molecule has 0 atom stereocenters. The zero-order valence-corrected chi connectivity index (χ0v) is 12.6. The summed E-state index contributed by atoms with van der Waals surface area (Å²) in [4.78, 5) is 4.19. The summed E-state index contributed by atoms with van der Waals surface area (Å²) < 4.78 is 24.3. The summed E-state index contributed by atoms with van der Waals surface area (Å²) in [6, 6.07) is 4.60. The molecule has 1 heterocycles. The molecule has 102 valence electrons. The van der Waals surface area contributed by atoms with Crippen LogP contribution < -0.4 is 5.32 Å². The highest BCUT2D eigenvalue weighted by molar-refractivity contribution is 14.1. The Bertz CT molecular complexity index is 545. The molecule has 4 nitrogen and oxygen atoms in total. The van der Waals surface area contributed by atoms with E-state index in [1.165, 1.54) is 18.5 Å². The van der Waals surface area contributed by atoms with Gasteiger partial charge in [-0.2, -0.15) is 0 Å². The van der Waals surface area contributed by atoms with Gasteiger partial charge < -0.3 is 14.5 Å². The lowest BCUT2D eigenvalue weighted by Crippen LogP contribution is -2.19. The van der Waals surface area contributed by atoms with Crippen molar-refractivity contribution in [3.63, 3.8) is 0 Å². The number of halogens is 2. The van der Waals surface area contributed by atoms with E-state index in [1.54, 1.807) is 13.2 Å². The van der Waals surface area contributed by atoms with Crippen LogP contribution in [0.2, 0.25) is 0 Å². The van der Waals surface area contributed by atoms with Gasteiger partial charge in [0.05, 0.1) is 6.61 Å². The average molecular weight is 376 g/mol. The van der Waals surface area contributed by atoms with E-state index in [1.807, 2.05) is 0 Å². The third-order valence-corrected chi connectivity index (χ3v) is 3.48. The molecule has 0 aliphatic heterocycles. The largest absolute Gasteiger partial charge is 0.443 e. The van der Waals surface area contributed by atoms with Crippen LogP contribution in [0.1, 0.15) is 5.69 Å². The lowest BCUT2D eigenvalue weighted by atomic mass is 10.1. The number of rotatable bonds is 6. The predicted octanol–water partition coefficient (Wildman–Crippen LogP) is 2.82.